The Morgan fingerprint density at radius 2 is 1.78 bits per heavy atom. The van der Waals surface area contributed by atoms with Gasteiger partial charge in [-0.25, -0.2) is 4.39 Å². The molecule has 0 aromatic heterocycles. The molecule has 0 aliphatic carbocycles. The van der Waals surface area contributed by atoms with Crippen LogP contribution in [0.2, 0.25) is 0 Å². The smallest absolute Gasteiger partial charge is 0.123 e. The Hall–Kier alpha value is -0.890. The predicted octanol–water partition coefficient (Wildman–Crippen LogP) is 1.29. The van der Waals surface area contributed by atoms with E-state index >= 15 is 0 Å². The van der Waals surface area contributed by atoms with Crippen LogP contribution in [0, 0.1) is 12.4 Å². The van der Waals surface area contributed by atoms with Gasteiger partial charge in [-0.2, -0.15) is 0 Å². The van der Waals surface area contributed by atoms with Gasteiger partial charge in [0.25, 0.3) is 0 Å². The van der Waals surface area contributed by atoms with Crippen LogP contribution in [-0.4, -0.2) is 0 Å². The van der Waals surface area contributed by atoms with Gasteiger partial charge < -0.3 is 5.73 Å². The average Bonchev–Trinajstić information content (AvgIpc) is 1.90. The molecular formula is C7H7FN. The lowest BCUT2D eigenvalue weighted by Crippen LogP contribution is -1.91. The molecule has 1 rings (SSSR count). The Bertz CT molecular complexity index is 181. The fourth-order valence-electron chi connectivity index (χ4n) is 0.574. The first kappa shape index (κ1) is 6.23. The van der Waals surface area contributed by atoms with Crippen molar-refractivity contribution in [1.82, 2.24) is 0 Å². The minimum atomic E-state index is -0.236. The zero-order valence-electron chi connectivity index (χ0n) is 4.84. The molecule has 0 aliphatic rings. The van der Waals surface area contributed by atoms with Gasteiger partial charge in [0.1, 0.15) is 5.82 Å². The summed E-state index contributed by atoms with van der Waals surface area (Å²) in [6, 6.07) is 5.99. The second-order valence-corrected chi connectivity index (χ2v) is 1.72. The molecule has 47 valence electrons. The van der Waals surface area contributed by atoms with E-state index in [1.165, 1.54) is 18.7 Å². The summed E-state index contributed by atoms with van der Waals surface area (Å²) in [5.41, 5.74) is 5.98. The van der Waals surface area contributed by atoms with Crippen LogP contribution in [0.4, 0.5) is 4.39 Å². The first-order valence-electron chi connectivity index (χ1n) is 2.63. The fraction of sp³-hybridized carbons (Fsp3) is 0. The molecule has 2 N–H and O–H groups in total. The van der Waals surface area contributed by atoms with Gasteiger partial charge in [-0.1, -0.05) is 12.1 Å². The van der Waals surface area contributed by atoms with Gasteiger partial charge in [0.05, 0.1) is 0 Å². The van der Waals surface area contributed by atoms with Crippen molar-refractivity contribution in [2.45, 2.75) is 0 Å². The Labute approximate surface area is 53.3 Å². The maximum Gasteiger partial charge on any atom is 0.123 e. The highest BCUT2D eigenvalue weighted by molar-refractivity contribution is 5.21. The highest BCUT2D eigenvalue weighted by atomic mass is 19.1. The van der Waals surface area contributed by atoms with Crippen molar-refractivity contribution in [3.63, 3.8) is 0 Å². The SMILES string of the molecule is N[CH]c1ccc(F)cc1. The van der Waals surface area contributed by atoms with Crippen molar-refractivity contribution < 1.29 is 4.39 Å². The second kappa shape index (κ2) is 2.60. The number of rotatable bonds is 1. The first-order valence-corrected chi connectivity index (χ1v) is 2.63. The fourth-order valence-corrected chi connectivity index (χ4v) is 0.574. The van der Waals surface area contributed by atoms with Crippen LogP contribution in [0.3, 0.4) is 0 Å². The minimum Gasteiger partial charge on any atom is -0.322 e. The van der Waals surface area contributed by atoms with Crippen LogP contribution in [0.1, 0.15) is 5.56 Å². The van der Waals surface area contributed by atoms with Crippen molar-refractivity contribution in [2.75, 3.05) is 0 Å². The van der Waals surface area contributed by atoms with E-state index in [2.05, 4.69) is 0 Å². The normalized spacial score (nSPS) is 9.56. The molecule has 9 heavy (non-hydrogen) atoms. The lowest BCUT2D eigenvalue weighted by molar-refractivity contribution is 0.627. The quantitative estimate of drug-likeness (QED) is 0.599. The molecule has 0 saturated heterocycles. The van der Waals surface area contributed by atoms with E-state index in [4.69, 9.17) is 5.73 Å². The highest BCUT2D eigenvalue weighted by Crippen LogP contribution is 2.01. The number of hydrogen-bond acceptors (Lipinski definition) is 1. The molecule has 0 heterocycles. The number of hydrogen-bond donors (Lipinski definition) is 1. The molecule has 1 aromatic carbocycles. The third kappa shape index (κ3) is 1.50. The topological polar surface area (TPSA) is 26.0 Å². The summed E-state index contributed by atoms with van der Waals surface area (Å²) in [5, 5.41) is 0. The predicted molar refractivity (Wildman–Crippen MR) is 34.0 cm³/mol. The molecule has 0 aliphatic heterocycles. The summed E-state index contributed by atoms with van der Waals surface area (Å²) in [6.07, 6.45) is 0. The van der Waals surface area contributed by atoms with Gasteiger partial charge in [-0.15, -0.1) is 0 Å². The molecule has 0 amide bonds. The molecule has 0 spiro atoms. The molecular weight excluding hydrogens is 117 g/mol. The molecule has 0 unspecified atom stereocenters. The zero-order chi connectivity index (χ0) is 6.69. The van der Waals surface area contributed by atoms with E-state index in [9.17, 15) is 4.39 Å². The van der Waals surface area contributed by atoms with Crippen LogP contribution in [-0.2, 0) is 0 Å². The van der Waals surface area contributed by atoms with Gasteiger partial charge >= 0.3 is 0 Å². The zero-order valence-corrected chi connectivity index (χ0v) is 4.84. The first-order chi connectivity index (χ1) is 4.33. The van der Waals surface area contributed by atoms with Crippen molar-refractivity contribution in [3.05, 3.63) is 42.2 Å². The summed E-state index contributed by atoms with van der Waals surface area (Å²) in [7, 11) is 0. The molecule has 1 radical (unpaired) electrons. The summed E-state index contributed by atoms with van der Waals surface area (Å²) >= 11 is 0. The summed E-state index contributed by atoms with van der Waals surface area (Å²) in [6.45, 7) is 1.43. The largest absolute Gasteiger partial charge is 0.322 e. The Balaban J connectivity index is 2.88. The van der Waals surface area contributed by atoms with Gasteiger partial charge in [-0.3, -0.25) is 0 Å². The maximum atomic E-state index is 12.2. The van der Waals surface area contributed by atoms with Crippen molar-refractivity contribution in [1.29, 1.82) is 0 Å². The number of nitrogens with two attached hydrogens (primary N) is 1. The van der Waals surface area contributed by atoms with E-state index in [0.29, 0.717) is 0 Å². The summed E-state index contributed by atoms with van der Waals surface area (Å²) in [4.78, 5) is 0. The van der Waals surface area contributed by atoms with Crippen molar-refractivity contribution in [3.8, 4) is 0 Å². The van der Waals surface area contributed by atoms with Crippen LogP contribution < -0.4 is 5.73 Å². The second-order valence-electron chi connectivity index (χ2n) is 1.72. The van der Waals surface area contributed by atoms with Crippen LogP contribution >= 0.6 is 0 Å². The molecule has 1 aromatic rings. The Kier molecular flexibility index (Phi) is 1.80. The minimum absolute atomic E-state index is 0.236. The Morgan fingerprint density at radius 1 is 1.22 bits per heavy atom. The average molecular weight is 124 g/mol. The molecule has 0 bridgehead atoms. The van der Waals surface area contributed by atoms with Crippen LogP contribution in [0.15, 0.2) is 24.3 Å². The molecule has 1 nitrogen and oxygen atoms in total. The molecule has 0 saturated carbocycles. The third-order valence-electron chi connectivity index (χ3n) is 1.06. The lowest BCUT2D eigenvalue weighted by atomic mass is 10.2. The summed E-state index contributed by atoms with van der Waals surface area (Å²) in [5.74, 6) is -0.236. The summed E-state index contributed by atoms with van der Waals surface area (Å²) < 4.78 is 12.2. The highest BCUT2D eigenvalue weighted by Gasteiger charge is 1.88. The Morgan fingerprint density at radius 3 is 2.22 bits per heavy atom. The van der Waals surface area contributed by atoms with Crippen molar-refractivity contribution in [2.24, 2.45) is 5.73 Å². The third-order valence-corrected chi connectivity index (χ3v) is 1.06. The number of benzene rings is 1. The van der Waals surface area contributed by atoms with E-state index in [-0.39, 0.29) is 5.82 Å². The number of halogens is 1. The molecule has 0 atom stereocenters. The molecule has 2 heteroatoms. The maximum absolute atomic E-state index is 12.2. The van der Waals surface area contributed by atoms with Gasteiger partial charge in [0.15, 0.2) is 0 Å². The van der Waals surface area contributed by atoms with Gasteiger partial charge in [0, 0.05) is 6.54 Å². The van der Waals surface area contributed by atoms with E-state index in [1.54, 1.807) is 12.1 Å². The van der Waals surface area contributed by atoms with Crippen LogP contribution in [0.25, 0.3) is 0 Å². The van der Waals surface area contributed by atoms with Crippen LogP contribution in [0.5, 0.6) is 0 Å². The van der Waals surface area contributed by atoms with Crippen molar-refractivity contribution >= 4 is 0 Å². The monoisotopic (exact) mass is 124 g/mol. The van der Waals surface area contributed by atoms with E-state index in [0.717, 1.165) is 5.56 Å². The lowest BCUT2D eigenvalue weighted by Gasteiger charge is -1.91. The van der Waals surface area contributed by atoms with Gasteiger partial charge in [-0.05, 0) is 17.7 Å². The van der Waals surface area contributed by atoms with E-state index in [1.807, 2.05) is 0 Å². The van der Waals surface area contributed by atoms with Gasteiger partial charge in [0.2, 0.25) is 0 Å². The standard InChI is InChI=1S/C7H7FN/c8-7-3-1-6(5-9)2-4-7/h1-5H,9H2. The molecule has 0 fully saturated rings. The van der Waals surface area contributed by atoms with E-state index < -0.39 is 0 Å².